The van der Waals surface area contributed by atoms with E-state index in [9.17, 15) is 18.9 Å². The minimum absolute atomic E-state index is 0.0453. The van der Waals surface area contributed by atoms with E-state index >= 15 is 0 Å². The van der Waals surface area contributed by atoms with Crippen molar-refractivity contribution in [1.29, 1.82) is 0 Å². The highest BCUT2D eigenvalue weighted by molar-refractivity contribution is 5.58. The number of benzene rings is 1. The van der Waals surface area contributed by atoms with Gasteiger partial charge < -0.3 is 16.8 Å². The zero-order valence-electron chi connectivity index (χ0n) is 15.2. The molecule has 1 heterocycles. The fraction of sp³-hybridized carbons (Fsp3) is 0.444. The van der Waals surface area contributed by atoms with E-state index in [1.54, 1.807) is 0 Å². The van der Waals surface area contributed by atoms with Crippen molar-refractivity contribution in [3.05, 3.63) is 51.2 Å². The largest absolute Gasteiger partial charge is 0.378 e. The number of aromatic nitrogens is 2. The average Bonchev–Trinajstić information content (AvgIpc) is 2.60. The highest BCUT2D eigenvalue weighted by Gasteiger charge is 2.27. The van der Waals surface area contributed by atoms with Crippen molar-refractivity contribution in [2.45, 2.75) is 44.7 Å². The Kier molecular flexibility index (Phi) is 5.98. The molecule has 0 spiro atoms. The number of anilines is 2. The monoisotopic (exact) mass is 392 g/mol. The predicted octanol–water partition coefficient (Wildman–Crippen LogP) is 2.92. The maximum absolute atomic E-state index is 13.3. The van der Waals surface area contributed by atoms with E-state index in [-0.39, 0.29) is 41.7 Å². The van der Waals surface area contributed by atoms with Crippen molar-refractivity contribution < 1.29 is 13.7 Å². The van der Waals surface area contributed by atoms with Gasteiger partial charge in [-0.1, -0.05) is 0 Å². The van der Waals surface area contributed by atoms with Crippen LogP contribution in [0.3, 0.4) is 0 Å². The number of nitrogens with two attached hydrogens (primary N) is 2. The Balaban J connectivity index is 1.80. The molecule has 0 amide bonds. The molecule has 0 aliphatic heterocycles. The van der Waals surface area contributed by atoms with Gasteiger partial charge >= 0.3 is 5.69 Å². The van der Waals surface area contributed by atoms with E-state index < -0.39 is 16.6 Å². The third-order valence-corrected chi connectivity index (χ3v) is 4.91. The summed E-state index contributed by atoms with van der Waals surface area (Å²) >= 11 is 0. The van der Waals surface area contributed by atoms with Gasteiger partial charge in [-0.25, -0.2) is 13.8 Å². The number of nitro groups is 1. The number of hydrogen-bond donors (Lipinski definition) is 3. The Hall–Kier alpha value is -2.88. The topological polar surface area (TPSA) is 133 Å². The summed E-state index contributed by atoms with van der Waals surface area (Å²) in [6, 6.07) is 3.30. The minimum atomic E-state index is -0.697. The molecule has 150 valence electrons. The highest BCUT2D eigenvalue weighted by atomic mass is 19.1. The second kappa shape index (κ2) is 8.42. The Labute approximate surface area is 160 Å². The van der Waals surface area contributed by atoms with Crippen molar-refractivity contribution in [2.24, 2.45) is 11.7 Å². The molecule has 0 radical (unpaired) electrons. The van der Waals surface area contributed by atoms with Crippen LogP contribution in [-0.4, -0.2) is 20.9 Å². The van der Waals surface area contributed by atoms with E-state index in [1.807, 2.05) is 0 Å². The van der Waals surface area contributed by atoms with Gasteiger partial charge in [-0.15, -0.1) is 0 Å². The summed E-state index contributed by atoms with van der Waals surface area (Å²) in [5.74, 6) is -1.32. The summed E-state index contributed by atoms with van der Waals surface area (Å²) in [5.41, 5.74) is 12.0. The molecule has 0 unspecified atom stereocenters. The molecule has 8 nitrogen and oxygen atoms in total. The molecule has 3 rings (SSSR count). The van der Waals surface area contributed by atoms with Crippen LogP contribution < -0.4 is 16.8 Å². The molecule has 5 N–H and O–H groups in total. The lowest BCUT2D eigenvalue weighted by molar-refractivity contribution is -0.385. The van der Waals surface area contributed by atoms with Crippen LogP contribution in [0.1, 0.15) is 36.9 Å². The lowest BCUT2D eigenvalue weighted by Gasteiger charge is -2.25. The van der Waals surface area contributed by atoms with Gasteiger partial charge in [0.1, 0.15) is 17.3 Å². The average molecular weight is 392 g/mol. The molecule has 1 aliphatic rings. The lowest BCUT2D eigenvalue weighted by atomic mass is 9.83. The van der Waals surface area contributed by atoms with Gasteiger partial charge in [0.15, 0.2) is 0 Å². The van der Waals surface area contributed by atoms with Crippen LogP contribution in [0, 0.1) is 27.7 Å². The van der Waals surface area contributed by atoms with Gasteiger partial charge in [0.05, 0.1) is 4.92 Å². The van der Waals surface area contributed by atoms with Gasteiger partial charge in [-0.3, -0.25) is 10.1 Å². The van der Waals surface area contributed by atoms with E-state index in [4.69, 9.17) is 11.5 Å². The van der Waals surface area contributed by atoms with Crippen LogP contribution in [0.15, 0.2) is 18.2 Å². The first-order chi connectivity index (χ1) is 13.3. The van der Waals surface area contributed by atoms with E-state index in [1.165, 1.54) is 12.1 Å². The first-order valence-electron chi connectivity index (χ1n) is 9.07. The Morgan fingerprint density at radius 3 is 2.39 bits per heavy atom. The Morgan fingerprint density at radius 1 is 1.14 bits per heavy atom. The van der Waals surface area contributed by atoms with Crippen molar-refractivity contribution >= 4 is 17.5 Å². The van der Waals surface area contributed by atoms with Crippen LogP contribution in [0.25, 0.3) is 0 Å². The van der Waals surface area contributed by atoms with Gasteiger partial charge in [0, 0.05) is 18.7 Å². The number of halogens is 2. The van der Waals surface area contributed by atoms with Crippen LogP contribution in [0.2, 0.25) is 0 Å². The summed E-state index contributed by atoms with van der Waals surface area (Å²) in [6.07, 6.45) is 3.88. The molecule has 1 aliphatic carbocycles. The Morgan fingerprint density at radius 2 is 1.79 bits per heavy atom. The zero-order chi connectivity index (χ0) is 20.3. The molecule has 28 heavy (non-hydrogen) atoms. The molecular formula is C18H22F2N6O2. The number of rotatable bonds is 6. The normalized spacial score (nSPS) is 19.4. The zero-order valence-corrected chi connectivity index (χ0v) is 15.2. The van der Waals surface area contributed by atoms with Crippen molar-refractivity contribution in [3.8, 4) is 0 Å². The minimum Gasteiger partial charge on any atom is -0.378 e. The van der Waals surface area contributed by atoms with E-state index in [0.29, 0.717) is 12.0 Å². The molecule has 1 aromatic carbocycles. The molecule has 0 bridgehead atoms. The van der Waals surface area contributed by atoms with Crippen LogP contribution in [0.4, 0.5) is 26.2 Å². The summed E-state index contributed by atoms with van der Waals surface area (Å²) in [6.45, 7) is 0.0453. The molecule has 1 aromatic heterocycles. The number of nitrogen functional groups attached to an aromatic ring is 1. The maximum atomic E-state index is 13.3. The summed E-state index contributed by atoms with van der Waals surface area (Å²) in [4.78, 5) is 19.0. The van der Waals surface area contributed by atoms with Crippen LogP contribution in [0.5, 0.6) is 0 Å². The SMILES string of the molecule is Nc1nc(NCc2cc(F)cc(F)c2)nc(C[C@H]2CC[C@H](N)CC2)c1[N+](=O)[O-]. The van der Waals surface area contributed by atoms with Gasteiger partial charge in [-0.05, 0) is 55.7 Å². The third-order valence-electron chi connectivity index (χ3n) is 4.91. The lowest BCUT2D eigenvalue weighted by Crippen LogP contribution is -2.27. The summed E-state index contributed by atoms with van der Waals surface area (Å²) in [5, 5.41) is 14.3. The van der Waals surface area contributed by atoms with Crippen molar-refractivity contribution in [3.63, 3.8) is 0 Å². The molecule has 1 saturated carbocycles. The van der Waals surface area contributed by atoms with Crippen LogP contribution >= 0.6 is 0 Å². The van der Waals surface area contributed by atoms with Crippen molar-refractivity contribution in [2.75, 3.05) is 11.1 Å². The van der Waals surface area contributed by atoms with Gasteiger partial charge in [-0.2, -0.15) is 4.98 Å². The summed E-state index contributed by atoms with van der Waals surface area (Å²) in [7, 11) is 0. The number of nitrogens with zero attached hydrogens (tertiary/aromatic N) is 3. The third kappa shape index (κ3) is 4.89. The molecule has 10 heteroatoms. The van der Waals surface area contributed by atoms with Crippen LogP contribution in [-0.2, 0) is 13.0 Å². The molecule has 0 saturated heterocycles. The second-order valence-corrected chi connectivity index (χ2v) is 7.10. The first-order valence-corrected chi connectivity index (χ1v) is 9.07. The van der Waals surface area contributed by atoms with E-state index in [0.717, 1.165) is 31.7 Å². The number of nitrogens with one attached hydrogen (secondary N) is 1. The van der Waals surface area contributed by atoms with Gasteiger partial charge in [0.2, 0.25) is 11.8 Å². The van der Waals surface area contributed by atoms with E-state index in [2.05, 4.69) is 15.3 Å². The highest BCUT2D eigenvalue weighted by Crippen LogP contribution is 2.31. The molecule has 1 fully saturated rings. The molecule has 2 aromatic rings. The maximum Gasteiger partial charge on any atom is 0.332 e. The quantitative estimate of drug-likeness (QED) is 0.508. The predicted molar refractivity (Wildman–Crippen MR) is 100 cm³/mol. The number of hydrogen-bond acceptors (Lipinski definition) is 7. The first kappa shape index (κ1) is 19.9. The summed E-state index contributed by atoms with van der Waals surface area (Å²) < 4.78 is 26.6. The Bertz CT molecular complexity index is 851. The standard InChI is InChI=1S/C18H22F2N6O2/c19-12-5-11(6-13(20)8-12)9-23-18-24-15(16(26(27)28)17(22)25-18)7-10-1-3-14(21)4-2-10/h5-6,8,10,14H,1-4,7,9,21H2,(H3,22,23,24,25)/t10-,14-. The second-order valence-electron chi connectivity index (χ2n) is 7.10. The molecular weight excluding hydrogens is 370 g/mol. The fourth-order valence-corrected chi connectivity index (χ4v) is 3.50. The smallest absolute Gasteiger partial charge is 0.332 e. The van der Waals surface area contributed by atoms with Gasteiger partial charge in [0.25, 0.3) is 0 Å². The molecule has 0 atom stereocenters. The fourth-order valence-electron chi connectivity index (χ4n) is 3.50. The van der Waals surface area contributed by atoms with Crippen molar-refractivity contribution in [1.82, 2.24) is 9.97 Å².